The molecule has 0 unspecified atom stereocenters. The monoisotopic (exact) mass is 464 g/mol. The highest BCUT2D eigenvalue weighted by molar-refractivity contribution is 7.89. The lowest BCUT2D eigenvalue weighted by atomic mass is 10.0. The minimum atomic E-state index is -3.86. The maximum absolute atomic E-state index is 14.0. The van der Waals surface area contributed by atoms with Gasteiger partial charge < -0.3 is 9.30 Å². The van der Waals surface area contributed by atoms with E-state index in [1.807, 2.05) is 60.8 Å². The number of benzene rings is 3. The summed E-state index contributed by atoms with van der Waals surface area (Å²) in [5.74, 6) is 0.602. The lowest BCUT2D eigenvalue weighted by Crippen LogP contribution is -2.34. The van der Waals surface area contributed by atoms with Crippen LogP contribution in [-0.4, -0.2) is 24.4 Å². The van der Waals surface area contributed by atoms with Crippen LogP contribution in [0.5, 0.6) is 5.75 Å². The number of hydrogen-bond acceptors (Lipinski definition) is 3. The van der Waals surface area contributed by atoms with Gasteiger partial charge in [-0.1, -0.05) is 41.9 Å². The van der Waals surface area contributed by atoms with Crippen molar-refractivity contribution in [3.05, 3.63) is 113 Å². The zero-order chi connectivity index (χ0) is 22.3. The molecule has 0 amide bonds. The molecule has 1 aliphatic rings. The summed E-state index contributed by atoms with van der Waals surface area (Å²) >= 11 is 6.32. The number of ether oxygens (including phenoxy) is 1. The Balaban J connectivity index is 1.75. The average Bonchev–Trinajstić information content (AvgIpc) is 3.23. The first-order valence-corrected chi connectivity index (χ1v) is 12.0. The summed E-state index contributed by atoms with van der Waals surface area (Å²) in [6.07, 6.45) is 1.97. The van der Waals surface area contributed by atoms with E-state index in [0.29, 0.717) is 10.8 Å². The number of hydrogen-bond donors (Lipinski definition) is 0. The largest absolute Gasteiger partial charge is 0.497 e. The van der Waals surface area contributed by atoms with Crippen molar-refractivity contribution in [3.8, 4) is 11.4 Å². The normalized spacial score (nSPS) is 16.1. The summed E-state index contributed by atoms with van der Waals surface area (Å²) in [5.41, 5.74) is 3.55. The predicted molar refractivity (Wildman–Crippen MR) is 125 cm³/mol. The summed E-state index contributed by atoms with van der Waals surface area (Å²) in [4.78, 5) is 0.211. The number of fused-ring (bicyclic) bond motifs is 3. The van der Waals surface area contributed by atoms with E-state index in [-0.39, 0.29) is 11.4 Å². The van der Waals surface area contributed by atoms with Crippen LogP contribution in [-0.2, 0) is 16.6 Å². The van der Waals surface area contributed by atoms with Gasteiger partial charge in [0.05, 0.1) is 18.0 Å². The summed E-state index contributed by atoms with van der Waals surface area (Å²) in [6, 6.07) is 25.1. The highest BCUT2D eigenvalue weighted by Crippen LogP contribution is 2.40. The van der Waals surface area contributed by atoms with Crippen molar-refractivity contribution in [3.63, 3.8) is 0 Å². The second-order valence-electron chi connectivity index (χ2n) is 7.62. The number of methoxy groups -OCH3 is 1. The molecule has 0 radical (unpaired) electrons. The van der Waals surface area contributed by atoms with Gasteiger partial charge in [-0.15, -0.1) is 0 Å². The fourth-order valence-corrected chi connectivity index (χ4v) is 6.01. The van der Waals surface area contributed by atoms with Gasteiger partial charge in [-0.3, -0.25) is 0 Å². The van der Waals surface area contributed by atoms with E-state index in [1.54, 1.807) is 41.7 Å². The average molecular weight is 465 g/mol. The molecule has 0 saturated heterocycles. The molecule has 0 saturated carbocycles. The van der Waals surface area contributed by atoms with Crippen LogP contribution in [0.25, 0.3) is 5.69 Å². The van der Waals surface area contributed by atoms with Crippen molar-refractivity contribution in [2.45, 2.75) is 17.5 Å². The highest BCUT2D eigenvalue weighted by Gasteiger charge is 2.38. The Morgan fingerprint density at radius 1 is 0.938 bits per heavy atom. The molecule has 5 nitrogen and oxygen atoms in total. The molecule has 5 rings (SSSR count). The topological polar surface area (TPSA) is 51.5 Å². The van der Waals surface area contributed by atoms with Gasteiger partial charge in [-0.05, 0) is 65.7 Å². The van der Waals surface area contributed by atoms with Crippen LogP contribution in [0.2, 0.25) is 5.02 Å². The number of sulfonamides is 1. The number of aromatic nitrogens is 1. The number of nitrogens with zero attached hydrogens (tertiary/aromatic N) is 2. The van der Waals surface area contributed by atoms with E-state index in [1.165, 1.54) is 0 Å². The molecule has 0 N–H and O–H groups in total. The first kappa shape index (κ1) is 20.8. The number of para-hydroxylation sites is 1. The highest BCUT2D eigenvalue weighted by atomic mass is 35.5. The Morgan fingerprint density at radius 2 is 1.72 bits per heavy atom. The SMILES string of the molecule is COc1ccc(S(=O)(=O)N2Cc3ccccc3-n3cccc3[C@@H]2c2cccc(Cl)c2)cc1. The molecule has 3 aromatic carbocycles. The summed E-state index contributed by atoms with van der Waals surface area (Å²) in [6.45, 7) is 0.226. The second-order valence-corrected chi connectivity index (χ2v) is 9.94. The summed E-state index contributed by atoms with van der Waals surface area (Å²) < 4.78 is 36.8. The molecule has 0 bridgehead atoms. The molecule has 2 heterocycles. The molecule has 0 spiro atoms. The van der Waals surface area contributed by atoms with Crippen LogP contribution in [0.4, 0.5) is 0 Å². The Hall–Kier alpha value is -3.06. The van der Waals surface area contributed by atoms with Gasteiger partial charge in [-0.25, -0.2) is 8.42 Å². The van der Waals surface area contributed by atoms with Crippen molar-refractivity contribution in [2.75, 3.05) is 7.11 Å². The fourth-order valence-electron chi connectivity index (χ4n) is 4.24. The van der Waals surface area contributed by atoms with Gasteiger partial charge in [-0.2, -0.15) is 4.31 Å². The molecule has 1 atom stereocenters. The third-order valence-electron chi connectivity index (χ3n) is 5.76. The van der Waals surface area contributed by atoms with Crippen molar-refractivity contribution >= 4 is 21.6 Å². The van der Waals surface area contributed by atoms with Gasteiger partial charge in [0, 0.05) is 29.1 Å². The molecule has 0 fully saturated rings. The van der Waals surface area contributed by atoms with Crippen LogP contribution in [0.1, 0.15) is 22.9 Å². The molecule has 0 aliphatic carbocycles. The third-order valence-corrected chi connectivity index (χ3v) is 7.82. The van der Waals surface area contributed by atoms with Crippen LogP contribution in [0, 0.1) is 0 Å². The van der Waals surface area contributed by atoms with E-state index in [9.17, 15) is 8.42 Å². The van der Waals surface area contributed by atoms with Crippen molar-refractivity contribution in [2.24, 2.45) is 0 Å². The second kappa shape index (κ2) is 8.13. The molecule has 7 heteroatoms. The van der Waals surface area contributed by atoms with Crippen molar-refractivity contribution in [1.29, 1.82) is 0 Å². The molecular weight excluding hydrogens is 444 g/mol. The van der Waals surface area contributed by atoms with Crippen molar-refractivity contribution in [1.82, 2.24) is 8.87 Å². The Labute approximate surface area is 192 Å². The molecule has 1 aliphatic heterocycles. The van der Waals surface area contributed by atoms with Crippen LogP contribution in [0.15, 0.2) is 96.0 Å². The van der Waals surface area contributed by atoms with E-state index in [4.69, 9.17) is 16.3 Å². The van der Waals surface area contributed by atoms with E-state index < -0.39 is 16.1 Å². The van der Waals surface area contributed by atoms with Gasteiger partial charge >= 0.3 is 0 Å². The lowest BCUT2D eigenvalue weighted by molar-refractivity contribution is 0.353. The predicted octanol–water partition coefficient (Wildman–Crippen LogP) is 5.43. The fraction of sp³-hybridized carbons (Fsp3) is 0.120. The van der Waals surface area contributed by atoms with E-state index >= 15 is 0 Å². The smallest absolute Gasteiger partial charge is 0.244 e. The molecule has 4 aromatic rings. The maximum atomic E-state index is 14.0. The van der Waals surface area contributed by atoms with Crippen LogP contribution in [0.3, 0.4) is 0 Å². The van der Waals surface area contributed by atoms with Gasteiger partial charge in [0.25, 0.3) is 0 Å². The van der Waals surface area contributed by atoms with Crippen LogP contribution >= 0.6 is 11.6 Å². The van der Waals surface area contributed by atoms with Crippen LogP contribution < -0.4 is 4.74 Å². The van der Waals surface area contributed by atoms with Crippen molar-refractivity contribution < 1.29 is 13.2 Å². The van der Waals surface area contributed by atoms with Gasteiger partial charge in [0.15, 0.2) is 0 Å². The van der Waals surface area contributed by atoms with Gasteiger partial charge in [0.2, 0.25) is 10.0 Å². The third kappa shape index (κ3) is 3.50. The Kier molecular flexibility index (Phi) is 5.29. The lowest BCUT2D eigenvalue weighted by Gasteiger charge is -2.30. The van der Waals surface area contributed by atoms with E-state index in [0.717, 1.165) is 22.5 Å². The number of halogens is 1. The minimum absolute atomic E-state index is 0.211. The van der Waals surface area contributed by atoms with Gasteiger partial charge in [0.1, 0.15) is 5.75 Å². The summed E-state index contributed by atoms with van der Waals surface area (Å²) in [7, 11) is -2.31. The first-order valence-electron chi connectivity index (χ1n) is 10.2. The zero-order valence-corrected chi connectivity index (χ0v) is 18.9. The molecular formula is C25H21ClN2O3S. The van der Waals surface area contributed by atoms with E-state index in [2.05, 4.69) is 4.57 Å². The molecule has 162 valence electrons. The maximum Gasteiger partial charge on any atom is 0.244 e. The Morgan fingerprint density at radius 3 is 2.47 bits per heavy atom. The number of rotatable bonds is 4. The minimum Gasteiger partial charge on any atom is -0.497 e. The zero-order valence-electron chi connectivity index (χ0n) is 17.4. The molecule has 32 heavy (non-hydrogen) atoms. The first-order chi connectivity index (χ1) is 15.5. The molecule has 1 aromatic heterocycles. The Bertz CT molecular complexity index is 1380. The summed E-state index contributed by atoms with van der Waals surface area (Å²) in [5, 5.41) is 0.559. The quantitative estimate of drug-likeness (QED) is 0.404. The standard InChI is InChI=1S/C25H21ClN2O3S/c1-31-21-11-13-22(14-12-21)32(29,30)28-17-19-6-2-3-9-23(19)27-15-5-10-24(27)25(28)18-7-4-8-20(26)16-18/h2-16,25H,17H2,1H3/t25-/m0/s1.